The van der Waals surface area contributed by atoms with Gasteiger partial charge in [0, 0.05) is 9.50 Å². The summed E-state index contributed by atoms with van der Waals surface area (Å²) in [5, 5.41) is 3.14. The lowest BCUT2D eigenvalue weighted by atomic mass is 10.2. The molecule has 0 saturated heterocycles. The van der Waals surface area contributed by atoms with Gasteiger partial charge in [-0.15, -0.1) is 0 Å². The zero-order valence-corrected chi connectivity index (χ0v) is 15.4. The van der Waals surface area contributed by atoms with Gasteiger partial charge < -0.3 is 9.47 Å². The van der Waals surface area contributed by atoms with Gasteiger partial charge in [0.05, 0.1) is 5.69 Å². The monoisotopic (exact) mass is 397 g/mol. The van der Waals surface area contributed by atoms with Crippen LogP contribution in [0.15, 0.2) is 46.9 Å². The van der Waals surface area contributed by atoms with Crippen LogP contribution in [0.2, 0.25) is 5.02 Å². The summed E-state index contributed by atoms with van der Waals surface area (Å²) in [5.41, 5.74) is -0.153. The van der Waals surface area contributed by atoms with Crippen LogP contribution in [0.3, 0.4) is 0 Å². The molecule has 0 saturated carbocycles. The van der Waals surface area contributed by atoms with Gasteiger partial charge >= 0.3 is 6.09 Å². The first kappa shape index (κ1) is 17.6. The second-order valence-corrected chi connectivity index (χ2v) is 7.18. The summed E-state index contributed by atoms with van der Waals surface area (Å²) >= 11 is 9.39. The number of amides is 1. The van der Waals surface area contributed by atoms with Crippen molar-refractivity contribution in [3.05, 3.63) is 52.0 Å². The van der Waals surface area contributed by atoms with E-state index < -0.39 is 11.7 Å². The predicted molar refractivity (Wildman–Crippen MR) is 95.5 cm³/mol. The lowest BCUT2D eigenvalue weighted by molar-refractivity contribution is 0.0635. The first-order chi connectivity index (χ1) is 10.7. The van der Waals surface area contributed by atoms with Crippen LogP contribution in [-0.4, -0.2) is 11.7 Å². The van der Waals surface area contributed by atoms with E-state index in [4.69, 9.17) is 21.1 Å². The third-order valence-electron chi connectivity index (χ3n) is 2.60. The molecule has 0 aromatic heterocycles. The highest BCUT2D eigenvalue weighted by Crippen LogP contribution is 2.33. The standard InChI is InChI=1S/C17H17BrClNO3/c1-17(2,3)23-16(21)20-14-10-12(19)7-8-15(14)22-13-6-4-5-11(18)9-13/h4-10H,1-3H3,(H,20,21). The zero-order chi connectivity index (χ0) is 17.0. The van der Waals surface area contributed by atoms with E-state index in [9.17, 15) is 4.79 Å². The number of anilines is 1. The Balaban J connectivity index is 2.22. The van der Waals surface area contributed by atoms with Crippen molar-refractivity contribution < 1.29 is 14.3 Å². The number of rotatable bonds is 3. The Morgan fingerprint density at radius 2 is 1.91 bits per heavy atom. The lowest BCUT2D eigenvalue weighted by Gasteiger charge is -2.20. The van der Waals surface area contributed by atoms with Crippen LogP contribution >= 0.6 is 27.5 Å². The normalized spacial score (nSPS) is 11.0. The Kier molecular flexibility index (Phi) is 5.55. The molecule has 122 valence electrons. The van der Waals surface area contributed by atoms with Gasteiger partial charge in [-0.1, -0.05) is 33.6 Å². The van der Waals surface area contributed by atoms with Crippen LogP contribution in [0, 0.1) is 0 Å². The first-order valence-electron chi connectivity index (χ1n) is 6.96. The van der Waals surface area contributed by atoms with Gasteiger partial charge in [-0.05, 0) is 57.2 Å². The number of halogens is 2. The minimum atomic E-state index is -0.589. The van der Waals surface area contributed by atoms with Crippen molar-refractivity contribution in [3.63, 3.8) is 0 Å². The van der Waals surface area contributed by atoms with E-state index in [1.54, 1.807) is 39.0 Å². The molecule has 0 bridgehead atoms. The molecule has 23 heavy (non-hydrogen) atoms. The molecule has 2 rings (SSSR count). The van der Waals surface area contributed by atoms with E-state index in [0.717, 1.165) is 4.47 Å². The maximum absolute atomic E-state index is 12.0. The lowest BCUT2D eigenvalue weighted by Crippen LogP contribution is -2.27. The highest BCUT2D eigenvalue weighted by Gasteiger charge is 2.18. The predicted octanol–water partition coefficient (Wildman–Crippen LogP) is 6.24. The zero-order valence-electron chi connectivity index (χ0n) is 13.0. The maximum Gasteiger partial charge on any atom is 0.412 e. The third kappa shape index (κ3) is 5.77. The molecule has 0 aliphatic heterocycles. The fourth-order valence-electron chi connectivity index (χ4n) is 1.76. The van der Waals surface area contributed by atoms with E-state index in [-0.39, 0.29) is 0 Å². The van der Waals surface area contributed by atoms with Crippen molar-refractivity contribution in [1.29, 1.82) is 0 Å². The fraction of sp³-hybridized carbons (Fsp3) is 0.235. The molecule has 0 heterocycles. The van der Waals surface area contributed by atoms with Gasteiger partial charge in [0.1, 0.15) is 11.4 Å². The van der Waals surface area contributed by atoms with E-state index in [2.05, 4.69) is 21.2 Å². The van der Waals surface area contributed by atoms with Gasteiger partial charge in [0.25, 0.3) is 0 Å². The van der Waals surface area contributed by atoms with Crippen LogP contribution in [0.5, 0.6) is 11.5 Å². The van der Waals surface area contributed by atoms with Crippen LogP contribution in [0.1, 0.15) is 20.8 Å². The van der Waals surface area contributed by atoms with Crippen molar-refractivity contribution in [2.45, 2.75) is 26.4 Å². The molecule has 0 aliphatic carbocycles. The summed E-state index contributed by atoms with van der Waals surface area (Å²) in [6.07, 6.45) is -0.571. The molecule has 0 radical (unpaired) electrons. The second-order valence-electron chi connectivity index (χ2n) is 5.83. The first-order valence-corrected chi connectivity index (χ1v) is 8.13. The summed E-state index contributed by atoms with van der Waals surface area (Å²) < 4.78 is 12.0. The summed E-state index contributed by atoms with van der Waals surface area (Å²) in [4.78, 5) is 12.0. The highest BCUT2D eigenvalue weighted by molar-refractivity contribution is 9.10. The quantitative estimate of drug-likeness (QED) is 0.665. The Morgan fingerprint density at radius 3 is 2.57 bits per heavy atom. The summed E-state index contributed by atoms with van der Waals surface area (Å²) in [6, 6.07) is 12.4. The van der Waals surface area contributed by atoms with Crippen molar-refractivity contribution >= 4 is 39.3 Å². The average Bonchev–Trinajstić information content (AvgIpc) is 2.39. The minimum absolute atomic E-state index is 0.437. The van der Waals surface area contributed by atoms with Gasteiger partial charge in [0.15, 0.2) is 5.75 Å². The molecular weight excluding hydrogens is 382 g/mol. The number of carbonyl (C=O) groups is 1. The maximum atomic E-state index is 12.0. The number of carbonyl (C=O) groups excluding carboxylic acids is 1. The Bertz CT molecular complexity index is 713. The average molecular weight is 399 g/mol. The van der Waals surface area contributed by atoms with E-state index in [1.165, 1.54) is 0 Å². The molecule has 0 unspecified atom stereocenters. The number of hydrogen-bond donors (Lipinski definition) is 1. The van der Waals surface area contributed by atoms with Gasteiger partial charge in [-0.25, -0.2) is 4.79 Å². The van der Waals surface area contributed by atoms with Crippen LogP contribution in [-0.2, 0) is 4.74 Å². The Hall–Kier alpha value is -1.72. The summed E-state index contributed by atoms with van der Waals surface area (Å²) in [6.45, 7) is 5.39. The van der Waals surface area contributed by atoms with Gasteiger partial charge in [0.2, 0.25) is 0 Å². The molecule has 0 fully saturated rings. The summed E-state index contributed by atoms with van der Waals surface area (Å²) in [7, 11) is 0. The Morgan fingerprint density at radius 1 is 1.17 bits per heavy atom. The van der Waals surface area contributed by atoms with Gasteiger partial charge in [-0.3, -0.25) is 5.32 Å². The van der Waals surface area contributed by atoms with Crippen LogP contribution in [0.25, 0.3) is 0 Å². The number of hydrogen-bond acceptors (Lipinski definition) is 3. The molecule has 2 aromatic carbocycles. The van der Waals surface area contributed by atoms with Crippen molar-refractivity contribution in [2.24, 2.45) is 0 Å². The van der Waals surface area contributed by atoms with Crippen molar-refractivity contribution in [1.82, 2.24) is 0 Å². The van der Waals surface area contributed by atoms with E-state index in [0.29, 0.717) is 22.2 Å². The van der Waals surface area contributed by atoms with Crippen LogP contribution < -0.4 is 10.1 Å². The number of nitrogens with one attached hydrogen (secondary N) is 1. The molecule has 6 heteroatoms. The molecular formula is C17H17BrClNO3. The van der Waals surface area contributed by atoms with E-state index >= 15 is 0 Å². The Labute approximate surface area is 148 Å². The topological polar surface area (TPSA) is 47.6 Å². The molecule has 4 nitrogen and oxygen atoms in total. The molecule has 0 atom stereocenters. The highest BCUT2D eigenvalue weighted by atomic mass is 79.9. The largest absolute Gasteiger partial charge is 0.455 e. The smallest absolute Gasteiger partial charge is 0.412 e. The molecule has 1 amide bonds. The number of benzene rings is 2. The number of ether oxygens (including phenoxy) is 2. The molecule has 0 aliphatic rings. The summed E-state index contributed by atoms with van der Waals surface area (Å²) in [5.74, 6) is 1.10. The molecule has 0 spiro atoms. The molecule has 1 N–H and O–H groups in total. The fourth-order valence-corrected chi connectivity index (χ4v) is 2.31. The van der Waals surface area contributed by atoms with Crippen molar-refractivity contribution in [3.8, 4) is 11.5 Å². The second kappa shape index (κ2) is 7.23. The molecule has 2 aromatic rings. The van der Waals surface area contributed by atoms with Crippen molar-refractivity contribution in [2.75, 3.05) is 5.32 Å². The minimum Gasteiger partial charge on any atom is -0.455 e. The third-order valence-corrected chi connectivity index (χ3v) is 3.33. The van der Waals surface area contributed by atoms with Gasteiger partial charge in [-0.2, -0.15) is 0 Å². The SMILES string of the molecule is CC(C)(C)OC(=O)Nc1cc(Cl)ccc1Oc1cccc(Br)c1. The van der Waals surface area contributed by atoms with E-state index in [1.807, 2.05) is 24.3 Å². The van der Waals surface area contributed by atoms with Crippen LogP contribution in [0.4, 0.5) is 10.5 Å².